The molecule has 0 radical (unpaired) electrons. The second-order valence-electron chi connectivity index (χ2n) is 5.80. The van der Waals surface area contributed by atoms with Gasteiger partial charge in [0.25, 0.3) is 0 Å². The fourth-order valence-corrected chi connectivity index (χ4v) is 3.54. The van der Waals surface area contributed by atoms with Crippen molar-refractivity contribution in [2.45, 2.75) is 50.1 Å². The Morgan fingerprint density at radius 1 is 1.16 bits per heavy atom. The van der Waals surface area contributed by atoms with Gasteiger partial charge in [-0.15, -0.1) is 0 Å². The maximum Gasteiger partial charge on any atom is 0.106 e. The number of rotatable bonds is 3. The largest absolute Gasteiger partial charge is 0.298 e. The normalized spacial score (nSPS) is 32.3. The summed E-state index contributed by atoms with van der Waals surface area (Å²) in [6.07, 6.45) is 7.74. The topological polar surface area (TPSA) is 45.6 Å². The molecule has 4 heteroatoms. The lowest BCUT2D eigenvalue weighted by atomic mass is 9.83. The average molecular weight is 259 g/mol. The Balaban J connectivity index is 1.54. The van der Waals surface area contributed by atoms with E-state index >= 15 is 0 Å². The molecular formula is C15H21N3O. The molecule has 2 aliphatic rings. The Morgan fingerprint density at radius 2 is 2.00 bits per heavy atom. The molecule has 2 fully saturated rings. The molecule has 3 rings (SSSR count). The fourth-order valence-electron chi connectivity index (χ4n) is 3.54. The summed E-state index contributed by atoms with van der Waals surface area (Å²) in [7, 11) is 0. The van der Waals surface area contributed by atoms with E-state index in [0.29, 0.717) is 12.0 Å². The number of nitroso groups, excluding NO2 is 1. The lowest BCUT2D eigenvalue weighted by Crippen LogP contribution is -2.36. The van der Waals surface area contributed by atoms with Gasteiger partial charge in [-0.1, -0.05) is 11.2 Å². The summed E-state index contributed by atoms with van der Waals surface area (Å²) in [5.41, 5.74) is 1.25. The first-order valence-corrected chi connectivity index (χ1v) is 7.34. The molecule has 2 heterocycles. The molecule has 19 heavy (non-hydrogen) atoms. The van der Waals surface area contributed by atoms with Crippen molar-refractivity contribution in [3.05, 3.63) is 35.0 Å². The molecule has 4 nitrogen and oxygen atoms in total. The van der Waals surface area contributed by atoms with Gasteiger partial charge in [0.2, 0.25) is 0 Å². The molecule has 0 amide bonds. The van der Waals surface area contributed by atoms with Crippen LogP contribution in [-0.4, -0.2) is 35.1 Å². The van der Waals surface area contributed by atoms with E-state index in [1.165, 1.54) is 31.4 Å². The van der Waals surface area contributed by atoms with Gasteiger partial charge in [-0.25, -0.2) is 0 Å². The zero-order chi connectivity index (χ0) is 13.1. The summed E-state index contributed by atoms with van der Waals surface area (Å²) in [6, 6.07) is 6.90. The van der Waals surface area contributed by atoms with Crippen LogP contribution in [0.25, 0.3) is 0 Å². The molecule has 0 aromatic carbocycles. The summed E-state index contributed by atoms with van der Waals surface area (Å²) >= 11 is 0. The molecular weight excluding hydrogens is 238 g/mol. The average Bonchev–Trinajstić information content (AvgIpc) is 2.97. The quantitative estimate of drug-likeness (QED) is 0.784. The Kier molecular flexibility index (Phi) is 3.87. The number of hydrogen-bond acceptors (Lipinski definition) is 4. The highest BCUT2D eigenvalue weighted by Gasteiger charge is 2.32. The fraction of sp³-hybridized carbons (Fsp3) is 0.667. The molecule has 0 unspecified atom stereocenters. The van der Waals surface area contributed by atoms with Crippen LogP contribution in [0, 0.1) is 4.91 Å². The molecule has 1 aliphatic heterocycles. The number of nitrogens with zero attached hydrogens (tertiary/aromatic N) is 3. The summed E-state index contributed by atoms with van der Waals surface area (Å²) < 4.78 is 0. The molecule has 102 valence electrons. The minimum atomic E-state index is 0.0357. The number of likely N-dealkylation sites (tertiary alicyclic amines) is 1. The van der Waals surface area contributed by atoms with E-state index in [-0.39, 0.29) is 6.04 Å². The molecule has 1 aliphatic carbocycles. The minimum Gasteiger partial charge on any atom is -0.298 e. The van der Waals surface area contributed by atoms with E-state index in [2.05, 4.69) is 27.2 Å². The molecule has 1 saturated heterocycles. The Labute approximate surface area is 114 Å². The van der Waals surface area contributed by atoms with E-state index in [1.807, 2.05) is 12.3 Å². The second-order valence-corrected chi connectivity index (χ2v) is 5.80. The van der Waals surface area contributed by atoms with Crippen LogP contribution in [0.4, 0.5) is 0 Å². The lowest BCUT2D eigenvalue weighted by molar-refractivity contribution is 0.179. The van der Waals surface area contributed by atoms with Crippen molar-refractivity contribution >= 4 is 0 Å². The van der Waals surface area contributed by atoms with Crippen molar-refractivity contribution in [2.75, 3.05) is 13.1 Å². The zero-order valence-corrected chi connectivity index (χ0v) is 11.2. The van der Waals surface area contributed by atoms with Gasteiger partial charge in [-0.3, -0.25) is 9.88 Å². The third kappa shape index (κ3) is 2.84. The monoisotopic (exact) mass is 259 g/mol. The van der Waals surface area contributed by atoms with Crippen LogP contribution < -0.4 is 0 Å². The van der Waals surface area contributed by atoms with Gasteiger partial charge in [-0.05, 0) is 44.2 Å². The third-order valence-corrected chi connectivity index (χ3v) is 4.66. The lowest BCUT2D eigenvalue weighted by Gasteiger charge is -2.34. The van der Waals surface area contributed by atoms with Gasteiger partial charge in [0.05, 0.1) is 0 Å². The van der Waals surface area contributed by atoms with E-state index in [9.17, 15) is 4.91 Å². The van der Waals surface area contributed by atoms with Crippen molar-refractivity contribution in [1.82, 2.24) is 9.88 Å². The maximum atomic E-state index is 10.6. The van der Waals surface area contributed by atoms with Crippen LogP contribution in [0.15, 0.2) is 29.6 Å². The maximum absolute atomic E-state index is 10.6. The second kappa shape index (κ2) is 5.78. The first-order chi connectivity index (χ1) is 9.36. The van der Waals surface area contributed by atoms with Crippen LogP contribution in [0.2, 0.25) is 0 Å². The Hall–Kier alpha value is -1.29. The SMILES string of the molecule is O=N[C@@H]1CCN(C2CCC(c3ccccn3)CC2)C1. The third-order valence-electron chi connectivity index (χ3n) is 4.66. The highest BCUT2D eigenvalue weighted by Crippen LogP contribution is 2.34. The Morgan fingerprint density at radius 3 is 2.63 bits per heavy atom. The first kappa shape index (κ1) is 12.7. The van der Waals surface area contributed by atoms with Crippen LogP contribution in [-0.2, 0) is 0 Å². The minimum absolute atomic E-state index is 0.0357. The highest BCUT2D eigenvalue weighted by atomic mass is 16.3. The summed E-state index contributed by atoms with van der Waals surface area (Å²) in [5, 5.41) is 3.19. The van der Waals surface area contributed by atoms with Gasteiger partial charge in [-0.2, -0.15) is 4.91 Å². The standard InChI is InChI=1S/C15H21N3O/c19-17-13-8-10-18(11-13)14-6-4-12(5-7-14)15-3-1-2-9-16-15/h1-3,9,12-14H,4-8,10-11H2/t12?,13-,14?/m1/s1. The molecule has 1 atom stereocenters. The van der Waals surface area contributed by atoms with E-state index in [1.54, 1.807) is 0 Å². The van der Waals surface area contributed by atoms with Crippen molar-refractivity contribution in [2.24, 2.45) is 5.18 Å². The van der Waals surface area contributed by atoms with Gasteiger partial charge in [0, 0.05) is 36.9 Å². The van der Waals surface area contributed by atoms with E-state index < -0.39 is 0 Å². The van der Waals surface area contributed by atoms with Crippen molar-refractivity contribution in [1.29, 1.82) is 0 Å². The zero-order valence-electron chi connectivity index (χ0n) is 11.2. The molecule has 1 aromatic heterocycles. The molecule has 0 N–H and O–H groups in total. The van der Waals surface area contributed by atoms with Gasteiger partial charge in [0.15, 0.2) is 0 Å². The van der Waals surface area contributed by atoms with Crippen LogP contribution in [0.1, 0.15) is 43.7 Å². The van der Waals surface area contributed by atoms with Crippen LogP contribution >= 0.6 is 0 Å². The number of pyridine rings is 1. The van der Waals surface area contributed by atoms with Gasteiger partial charge in [0.1, 0.15) is 6.04 Å². The van der Waals surface area contributed by atoms with E-state index in [4.69, 9.17) is 0 Å². The predicted octanol–water partition coefficient (Wildman–Crippen LogP) is 2.95. The molecule has 0 bridgehead atoms. The molecule has 1 aromatic rings. The highest BCUT2D eigenvalue weighted by molar-refractivity contribution is 5.10. The summed E-state index contributed by atoms with van der Waals surface area (Å²) in [5.74, 6) is 0.625. The van der Waals surface area contributed by atoms with Crippen molar-refractivity contribution in [3.63, 3.8) is 0 Å². The van der Waals surface area contributed by atoms with Crippen molar-refractivity contribution < 1.29 is 0 Å². The molecule has 0 spiro atoms. The van der Waals surface area contributed by atoms with Gasteiger partial charge < -0.3 is 0 Å². The first-order valence-electron chi connectivity index (χ1n) is 7.34. The molecule has 1 saturated carbocycles. The van der Waals surface area contributed by atoms with Crippen LogP contribution in [0.5, 0.6) is 0 Å². The predicted molar refractivity (Wildman–Crippen MR) is 75.0 cm³/mol. The van der Waals surface area contributed by atoms with E-state index in [0.717, 1.165) is 19.5 Å². The number of aromatic nitrogens is 1. The van der Waals surface area contributed by atoms with Gasteiger partial charge >= 0.3 is 0 Å². The van der Waals surface area contributed by atoms with Crippen molar-refractivity contribution in [3.8, 4) is 0 Å². The Bertz CT molecular complexity index is 415. The smallest absolute Gasteiger partial charge is 0.106 e. The van der Waals surface area contributed by atoms with Crippen LogP contribution in [0.3, 0.4) is 0 Å². The summed E-state index contributed by atoms with van der Waals surface area (Å²) in [4.78, 5) is 17.5. The number of hydrogen-bond donors (Lipinski definition) is 0. The summed E-state index contributed by atoms with van der Waals surface area (Å²) in [6.45, 7) is 1.93.